The Morgan fingerprint density at radius 1 is 1.16 bits per heavy atom. The van der Waals surface area contributed by atoms with Crippen LogP contribution in [0.5, 0.6) is 17.2 Å². The standard InChI is InChI=1S/C21H24O4/c1-13(2)10-11-24-17-7-4-15(5-8-17)21-14(3)20(23)18-12-16(22)6-9-19(18)25-21/h4-9,12-14,21-22H,10-11H2,1-3H3. The fourth-order valence-corrected chi connectivity index (χ4v) is 2.96. The van der Waals surface area contributed by atoms with Crippen molar-refractivity contribution in [3.8, 4) is 17.2 Å². The van der Waals surface area contributed by atoms with E-state index in [9.17, 15) is 9.90 Å². The van der Waals surface area contributed by atoms with Gasteiger partial charge in [-0.1, -0.05) is 32.9 Å². The molecule has 2 unspecified atom stereocenters. The molecule has 0 radical (unpaired) electrons. The predicted molar refractivity (Wildman–Crippen MR) is 96.4 cm³/mol. The van der Waals surface area contributed by atoms with Gasteiger partial charge in [0, 0.05) is 0 Å². The van der Waals surface area contributed by atoms with Gasteiger partial charge in [0.15, 0.2) is 5.78 Å². The molecule has 1 heterocycles. The third-order valence-corrected chi connectivity index (χ3v) is 4.52. The largest absolute Gasteiger partial charge is 0.508 e. The van der Waals surface area contributed by atoms with Gasteiger partial charge in [-0.2, -0.15) is 0 Å². The molecule has 2 aromatic carbocycles. The molecule has 2 aromatic rings. The molecule has 0 amide bonds. The molecule has 0 spiro atoms. The minimum absolute atomic E-state index is 0.0144. The summed E-state index contributed by atoms with van der Waals surface area (Å²) >= 11 is 0. The number of aromatic hydroxyl groups is 1. The SMILES string of the molecule is CC(C)CCOc1ccc(C2Oc3ccc(O)cc3C(=O)C2C)cc1. The maximum absolute atomic E-state index is 12.6. The Balaban J connectivity index is 1.75. The van der Waals surface area contributed by atoms with E-state index < -0.39 is 0 Å². The Hall–Kier alpha value is -2.49. The van der Waals surface area contributed by atoms with Crippen molar-refractivity contribution in [2.75, 3.05) is 6.61 Å². The molecule has 4 nitrogen and oxygen atoms in total. The average molecular weight is 340 g/mol. The number of carbonyl (C=O) groups is 1. The maximum atomic E-state index is 12.6. The lowest BCUT2D eigenvalue weighted by molar-refractivity contribution is 0.0689. The number of ether oxygens (including phenoxy) is 2. The highest BCUT2D eigenvalue weighted by Gasteiger charge is 2.35. The first kappa shape index (κ1) is 17.3. The van der Waals surface area contributed by atoms with Crippen molar-refractivity contribution >= 4 is 5.78 Å². The first-order valence-electron chi connectivity index (χ1n) is 8.72. The number of Topliss-reactive ketones (excluding diaryl/α,β-unsaturated/α-hetero) is 1. The van der Waals surface area contributed by atoms with Crippen LogP contribution in [0.25, 0.3) is 0 Å². The number of fused-ring (bicyclic) bond motifs is 1. The lowest BCUT2D eigenvalue weighted by Crippen LogP contribution is -2.29. The first-order valence-corrected chi connectivity index (χ1v) is 8.72. The van der Waals surface area contributed by atoms with Gasteiger partial charge in [-0.25, -0.2) is 0 Å². The number of ketones is 1. The monoisotopic (exact) mass is 340 g/mol. The van der Waals surface area contributed by atoms with Crippen LogP contribution < -0.4 is 9.47 Å². The summed E-state index contributed by atoms with van der Waals surface area (Å²) in [4.78, 5) is 12.6. The summed E-state index contributed by atoms with van der Waals surface area (Å²) in [5.41, 5.74) is 1.38. The quantitative estimate of drug-likeness (QED) is 0.852. The fourth-order valence-electron chi connectivity index (χ4n) is 2.96. The van der Waals surface area contributed by atoms with Crippen LogP contribution in [0.1, 0.15) is 49.2 Å². The van der Waals surface area contributed by atoms with Gasteiger partial charge < -0.3 is 14.6 Å². The lowest BCUT2D eigenvalue weighted by atomic mass is 9.87. The van der Waals surface area contributed by atoms with Gasteiger partial charge in [-0.05, 0) is 48.2 Å². The molecular weight excluding hydrogens is 316 g/mol. The van der Waals surface area contributed by atoms with Crippen LogP contribution in [0, 0.1) is 11.8 Å². The number of phenolic OH excluding ortho intramolecular Hbond substituents is 1. The molecule has 0 saturated carbocycles. The summed E-state index contributed by atoms with van der Waals surface area (Å²) < 4.78 is 11.8. The second-order valence-electron chi connectivity index (χ2n) is 6.97. The second-order valence-corrected chi connectivity index (χ2v) is 6.97. The number of benzene rings is 2. The molecule has 132 valence electrons. The molecule has 1 aliphatic rings. The van der Waals surface area contributed by atoms with E-state index in [4.69, 9.17) is 9.47 Å². The molecule has 0 saturated heterocycles. The van der Waals surface area contributed by atoms with E-state index in [1.807, 2.05) is 31.2 Å². The van der Waals surface area contributed by atoms with Crippen molar-refractivity contribution in [1.82, 2.24) is 0 Å². The van der Waals surface area contributed by atoms with E-state index in [1.54, 1.807) is 6.07 Å². The molecule has 0 aromatic heterocycles. The third-order valence-electron chi connectivity index (χ3n) is 4.52. The highest BCUT2D eigenvalue weighted by molar-refractivity contribution is 6.01. The molecule has 3 rings (SSSR count). The average Bonchev–Trinajstić information content (AvgIpc) is 2.59. The third kappa shape index (κ3) is 3.78. The topological polar surface area (TPSA) is 55.8 Å². The summed E-state index contributed by atoms with van der Waals surface area (Å²) in [5, 5.41) is 9.59. The fraction of sp³-hybridized carbons (Fsp3) is 0.381. The Morgan fingerprint density at radius 3 is 2.56 bits per heavy atom. The van der Waals surface area contributed by atoms with Gasteiger partial charge >= 0.3 is 0 Å². The summed E-state index contributed by atoms with van der Waals surface area (Å²) in [5.74, 6) is 1.69. The summed E-state index contributed by atoms with van der Waals surface area (Å²) in [6.45, 7) is 6.89. The van der Waals surface area contributed by atoms with Gasteiger partial charge in [-0.3, -0.25) is 4.79 Å². The molecule has 0 bridgehead atoms. The molecule has 1 N–H and O–H groups in total. The van der Waals surface area contributed by atoms with Crippen LogP contribution in [0.15, 0.2) is 42.5 Å². The van der Waals surface area contributed by atoms with Crippen molar-refractivity contribution < 1.29 is 19.4 Å². The van der Waals surface area contributed by atoms with Gasteiger partial charge in [0.25, 0.3) is 0 Å². The van der Waals surface area contributed by atoms with Crippen molar-refractivity contribution in [3.05, 3.63) is 53.6 Å². The van der Waals surface area contributed by atoms with Crippen molar-refractivity contribution in [2.45, 2.75) is 33.3 Å². The van der Waals surface area contributed by atoms with Gasteiger partial charge in [-0.15, -0.1) is 0 Å². The van der Waals surface area contributed by atoms with Gasteiger partial charge in [0.05, 0.1) is 18.1 Å². The van der Waals surface area contributed by atoms with Crippen molar-refractivity contribution in [2.24, 2.45) is 11.8 Å². The number of hydrogen-bond acceptors (Lipinski definition) is 4. The Morgan fingerprint density at radius 2 is 1.88 bits per heavy atom. The minimum Gasteiger partial charge on any atom is -0.508 e. The smallest absolute Gasteiger partial charge is 0.173 e. The molecule has 4 heteroatoms. The van der Waals surface area contributed by atoms with E-state index in [0.717, 1.165) is 17.7 Å². The van der Waals surface area contributed by atoms with E-state index >= 15 is 0 Å². The maximum Gasteiger partial charge on any atom is 0.173 e. The molecule has 2 atom stereocenters. The molecule has 1 aliphatic heterocycles. The van der Waals surface area contributed by atoms with Crippen LogP contribution in [0.3, 0.4) is 0 Å². The predicted octanol–water partition coefficient (Wildman–Crippen LogP) is 4.77. The van der Waals surface area contributed by atoms with E-state index in [0.29, 0.717) is 23.8 Å². The van der Waals surface area contributed by atoms with Crippen LogP contribution in [-0.4, -0.2) is 17.5 Å². The summed E-state index contributed by atoms with van der Waals surface area (Å²) in [6.07, 6.45) is 0.678. The Labute approximate surface area is 148 Å². The zero-order chi connectivity index (χ0) is 18.0. The van der Waals surface area contributed by atoms with Gasteiger partial charge in [0.2, 0.25) is 0 Å². The van der Waals surface area contributed by atoms with E-state index in [1.165, 1.54) is 12.1 Å². The zero-order valence-corrected chi connectivity index (χ0v) is 14.9. The van der Waals surface area contributed by atoms with E-state index in [2.05, 4.69) is 13.8 Å². The van der Waals surface area contributed by atoms with Crippen LogP contribution >= 0.6 is 0 Å². The highest BCUT2D eigenvalue weighted by atomic mass is 16.5. The Kier molecular flexibility index (Phi) is 4.98. The van der Waals surface area contributed by atoms with E-state index in [-0.39, 0.29) is 23.6 Å². The highest BCUT2D eigenvalue weighted by Crippen LogP contribution is 2.40. The molecular formula is C21H24O4. The summed E-state index contributed by atoms with van der Waals surface area (Å²) in [7, 11) is 0. The Bertz CT molecular complexity index is 749. The normalized spacial score (nSPS) is 19.4. The number of rotatable bonds is 5. The van der Waals surface area contributed by atoms with Crippen molar-refractivity contribution in [3.63, 3.8) is 0 Å². The molecule has 0 fully saturated rings. The number of phenols is 1. The lowest BCUT2D eigenvalue weighted by Gasteiger charge is -2.31. The first-order chi connectivity index (χ1) is 12.0. The minimum atomic E-state index is -0.339. The second kappa shape index (κ2) is 7.18. The molecule has 25 heavy (non-hydrogen) atoms. The van der Waals surface area contributed by atoms with Crippen LogP contribution in [0.4, 0.5) is 0 Å². The van der Waals surface area contributed by atoms with Gasteiger partial charge in [0.1, 0.15) is 23.4 Å². The summed E-state index contributed by atoms with van der Waals surface area (Å²) in [6, 6.07) is 12.4. The number of hydrogen-bond donors (Lipinski definition) is 1. The number of carbonyl (C=O) groups excluding carboxylic acids is 1. The van der Waals surface area contributed by atoms with Crippen LogP contribution in [0.2, 0.25) is 0 Å². The zero-order valence-electron chi connectivity index (χ0n) is 14.9. The molecule has 0 aliphatic carbocycles. The van der Waals surface area contributed by atoms with Crippen molar-refractivity contribution in [1.29, 1.82) is 0 Å². The van der Waals surface area contributed by atoms with Crippen LogP contribution in [-0.2, 0) is 0 Å².